The first-order chi connectivity index (χ1) is 9.65. The van der Waals surface area contributed by atoms with Crippen molar-refractivity contribution in [2.75, 3.05) is 38.6 Å². The summed E-state index contributed by atoms with van der Waals surface area (Å²) >= 11 is 6.12. The predicted octanol–water partition coefficient (Wildman–Crippen LogP) is 0.829. The summed E-state index contributed by atoms with van der Waals surface area (Å²) in [5, 5.41) is 7.97. The Bertz CT molecular complexity index is 615. The highest BCUT2D eigenvalue weighted by atomic mass is 35.5. The van der Waals surface area contributed by atoms with Gasteiger partial charge in [0.25, 0.3) is 5.78 Å². The van der Waals surface area contributed by atoms with Gasteiger partial charge in [-0.3, -0.25) is 0 Å². The number of hydrogen-bond acceptors (Lipinski definition) is 6. The Balaban J connectivity index is 1.80. The van der Waals surface area contributed by atoms with E-state index in [9.17, 15) is 0 Å². The second kappa shape index (κ2) is 5.51. The molecule has 0 aliphatic carbocycles. The average molecular weight is 297 g/mol. The van der Waals surface area contributed by atoms with Crippen LogP contribution in [-0.4, -0.2) is 63.9 Å². The van der Waals surface area contributed by atoms with Gasteiger partial charge in [-0.05, 0) is 14.0 Å². The van der Waals surface area contributed by atoms with Crippen molar-refractivity contribution in [3.63, 3.8) is 0 Å². The molecule has 1 aliphatic rings. The third-order valence-corrected chi connectivity index (χ3v) is 3.81. The number of halogens is 1. The highest BCUT2D eigenvalue weighted by molar-refractivity contribution is 6.30. The third-order valence-electron chi connectivity index (χ3n) is 3.44. The van der Waals surface area contributed by atoms with Gasteiger partial charge in [0.05, 0.1) is 12.7 Å². The first-order valence-electron chi connectivity index (χ1n) is 6.55. The Morgan fingerprint density at radius 1 is 1.55 bits per heavy atom. The monoisotopic (exact) mass is 296 g/mol. The number of morpholine rings is 1. The molecule has 1 saturated heterocycles. The van der Waals surface area contributed by atoms with Gasteiger partial charge in [0.1, 0.15) is 17.3 Å². The number of nitrogens with one attached hydrogen (secondary N) is 1. The van der Waals surface area contributed by atoms with Crippen LogP contribution in [0, 0.1) is 6.92 Å². The first kappa shape index (κ1) is 13.5. The minimum atomic E-state index is 0.152. The summed E-state index contributed by atoms with van der Waals surface area (Å²) in [7, 11) is 2.10. The van der Waals surface area contributed by atoms with Crippen molar-refractivity contribution in [2.24, 2.45) is 0 Å². The number of nitrogens with zero attached hydrogens (tertiary/aromatic N) is 5. The maximum atomic E-state index is 6.12. The second-order valence-electron chi connectivity index (χ2n) is 4.98. The van der Waals surface area contributed by atoms with Gasteiger partial charge >= 0.3 is 0 Å². The summed E-state index contributed by atoms with van der Waals surface area (Å²) in [6, 6.07) is 0. The average Bonchev–Trinajstić information content (AvgIpc) is 2.87. The minimum absolute atomic E-state index is 0.152. The van der Waals surface area contributed by atoms with E-state index >= 15 is 0 Å². The topological polar surface area (TPSA) is 67.6 Å². The van der Waals surface area contributed by atoms with Gasteiger partial charge in [-0.25, -0.2) is 0 Å². The number of aromatic nitrogens is 4. The molecule has 2 aromatic rings. The Hall–Kier alpha value is -1.44. The van der Waals surface area contributed by atoms with Crippen LogP contribution >= 0.6 is 11.6 Å². The van der Waals surface area contributed by atoms with Gasteiger partial charge in [-0.15, -0.1) is 0 Å². The van der Waals surface area contributed by atoms with Crippen molar-refractivity contribution in [2.45, 2.75) is 13.0 Å². The minimum Gasteiger partial charge on any atom is -0.374 e. The molecule has 3 rings (SSSR count). The fraction of sp³-hybridized carbons (Fsp3) is 0.583. The largest absolute Gasteiger partial charge is 0.374 e. The molecule has 0 bridgehead atoms. The summed E-state index contributed by atoms with van der Waals surface area (Å²) < 4.78 is 7.40. The molecule has 0 amide bonds. The molecule has 3 heterocycles. The maximum absolute atomic E-state index is 6.12. The molecule has 1 fully saturated rings. The van der Waals surface area contributed by atoms with Crippen LogP contribution in [-0.2, 0) is 4.74 Å². The van der Waals surface area contributed by atoms with E-state index in [0.717, 1.165) is 31.1 Å². The smallest absolute Gasteiger partial charge is 0.255 e. The van der Waals surface area contributed by atoms with Crippen LogP contribution in [0.3, 0.4) is 0 Å². The molecule has 1 aliphatic heterocycles. The Morgan fingerprint density at radius 2 is 2.40 bits per heavy atom. The van der Waals surface area contributed by atoms with E-state index in [4.69, 9.17) is 16.3 Å². The summed E-state index contributed by atoms with van der Waals surface area (Å²) in [4.78, 5) is 10.5. The lowest BCUT2D eigenvalue weighted by Crippen LogP contribution is -2.43. The zero-order valence-electron chi connectivity index (χ0n) is 11.5. The molecule has 1 unspecified atom stereocenters. The molecule has 0 radical (unpaired) electrons. The van der Waals surface area contributed by atoms with E-state index < -0.39 is 0 Å². The molecule has 2 aromatic heterocycles. The molecule has 108 valence electrons. The summed E-state index contributed by atoms with van der Waals surface area (Å²) in [6.07, 6.45) is 1.62. The number of anilines is 1. The Morgan fingerprint density at radius 3 is 3.20 bits per heavy atom. The van der Waals surface area contributed by atoms with Crippen LogP contribution < -0.4 is 5.32 Å². The fourth-order valence-electron chi connectivity index (χ4n) is 2.31. The second-order valence-corrected chi connectivity index (χ2v) is 5.34. The summed E-state index contributed by atoms with van der Waals surface area (Å²) in [6.45, 7) is 5.25. The molecule has 8 heteroatoms. The van der Waals surface area contributed by atoms with E-state index in [2.05, 4.69) is 32.3 Å². The maximum Gasteiger partial charge on any atom is 0.255 e. The lowest BCUT2D eigenvalue weighted by atomic mass is 10.2. The zero-order valence-corrected chi connectivity index (χ0v) is 12.3. The fourth-order valence-corrected chi connectivity index (χ4v) is 2.47. The van der Waals surface area contributed by atoms with Crippen molar-refractivity contribution in [1.82, 2.24) is 24.5 Å². The quantitative estimate of drug-likeness (QED) is 0.846. The van der Waals surface area contributed by atoms with E-state index in [-0.39, 0.29) is 6.10 Å². The molecule has 0 spiro atoms. The van der Waals surface area contributed by atoms with Crippen LogP contribution in [0.1, 0.15) is 5.56 Å². The lowest BCUT2D eigenvalue weighted by Gasteiger charge is -2.30. The van der Waals surface area contributed by atoms with E-state index in [1.807, 2.05) is 6.92 Å². The summed E-state index contributed by atoms with van der Waals surface area (Å²) in [5.41, 5.74) is 0.855. The van der Waals surface area contributed by atoms with Gasteiger partial charge in [0, 0.05) is 25.2 Å². The molecular formula is C12H17ClN6O. The number of likely N-dealkylation sites (N-methyl/N-ethyl adjacent to an activating group) is 1. The molecule has 20 heavy (non-hydrogen) atoms. The third kappa shape index (κ3) is 2.56. The van der Waals surface area contributed by atoms with Gasteiger partial charge in [-0.2, -0.15) is 19.6 Å². The highest BCUT2D eigenvalue weighted by Crippen LogP contribution is 2.22. The van der Waals surface area contributed by atoms with Crippen LogP contribution in [0.25, 0.3) is 5.78 Å². The first-order valence-corrected chi connectivity index (χ1v) is 6.93. The Kier molecular flexibility index (Phi) is 3.73. The molecule has 7 nitrogen and oxygen atoms in total. The molecule has 0 saturated carbocycles. The zero-order chi connectivity index (χ0) is 14.1. The van der Waals surface area contributed by atoms with E-state index in [1.165, 1.54) is 6.33 Å². The SMILES string of the molecule is Cc1c(Cl)nc2ncnn2c1NCC1CN(C)CCO1. The van der Waals surface area contributed by atoms with E-state index in [1.54, 1.807) is 4.52 Å². The van der Waals surface area contributed by atoms with Crippen molar-refractivity contribution in [3.8, 4) is 0 Å². The predicted molar refractivity (Wildman–Crippen MR) is 76.3 cm³/mol. The number of hydrogen-bond donors (Lipinski definition) is 1. The molecule has 0 aromatic carbocycles. The van der Waals surface area contributed by atoms with Crippen molar-refractivity contribution >= 4 is 23.2 Å². The highest BCUT2D eigenvalue weighted by Gasteiger charge is 2.19. The molecule has 1 N–H and O–H groups in total. The van der Waals surface area contributed by atoms with Crippen LogP contribution in [0.2, 0.25) is 5.15 Å². The molecule has 1 atom stereocenters. The van der Waals surface area contributed by atoms with Gasteiger partial charge in [-0.1, -0.05) is 11.6 Å². The summed E-state index contributed by atoms with van der Waals surface area (Å²) in [5.74, 6) is 1.30. The van der Waals surface area contributed by atoms with Gasteiger partial charge in [0.15, 0.2) is 0 Å². The number of rotatable bonds is 3. The standard InChI is InChI=1S/C12H17ClN6O/c1-8-10(13)17-12-15-7-16-19(12)11(8)14-5-9-6-18(2)3-4-20-9/h7,9,14H,3-6H2,1-2H3. The van der Waals surface area contributed by atoms with Crippen LogP contribution in [0.5, 0.6) is 0 Å². The van der Waals surface area contributed by atoms with Crippen LogP contribution in [0.15, 0.2) is 6.33 Å². The van der Waals surface area contributed by atoms with Gasteiger partial charge < -0.3 is 15.0 Å². The van der Waals surface area contributed by atoms with Crippen LogP contribution in [0.4, 0.5) is 5.82 Å². The Labute approximate surface area is 121 Å². The number of ether oxygens (including phenoxy) is 1. The molecular weight excluding hydrogens is 280 g/mol. The van der Waals surface area contributed by atoms with Crippen molar-refractivity contribution < 1.29 is 4.74 Å². The van der Waals surface area contributed by atoms with Crippen molar-refractivity contribution in [3.05, 3.63) is 17.0 Å². The van der Waals surface area contributed by atoms with Crippen molar-refractivity contribution in [1.29, 1.82) is 0 Å². The normalized spacial score (nSPS) is 20.4. The van der Waals surface area contributed by atoms with Gasteiger partial charge in [0.2, 0.25) is 0 Å². The number of fused-ring (bicyclic) bond motifs is 1. The lowest BCUT2D eigenvalue weighted by molar-refractivity contribution is -0.0117. The van der Waals surface area contributed by atoms with E-state index in [0.29, 0.717) is 17.5 Å².